The van der Waals surface area contributed by atoms with E-state index in [1.807, 2.05) is 42.5 Å². The monoisotopic (exact) mass is 525 g/mol. The summed E-state index contributed by atoms with van der Waals surface area (Å²) in [7, 11) is 0. The Labute approximate surface area is 218 Å². The first-order valence-corrected chi connectivity index (χ1v) is 12.0. The quantitative estimate of drug-likeness (QED) is 0.202. The predicted molar refractivity (Wildman–Crippen MR) is 136 cm³/mol. The lowest BCUT2D eigenvalue weighted by Crippen LogP contribution is -2.52. The summed E-state index contributed by atoms with van der Waals surface area (Å²) >= 11 is 0. The van der Waals surface area contributed by atoms with Crippen LogP contribution >= 0.6 is 0 Å². The first-order valence-electron chi connectivity index (χ1n) is 12.0. The van der Waals surface area contributed by atoms with E-state index < -0.39 is 35.5 Å². The maximum atomic E-state index is 13.7. The van der Waals surface area contributed by atoms with Crippen LogP contribution in [0.1, 0.15) is 22.3 Å². The van der Waals surface area contributed by atoms with Crippen LogP contribution in [0.3, 0.4) is 0 Å². The van der Waals surface area contributed by atoms with E-state index in [0.717, 1.165) is 28.5 Å². The van der Waals surface area contributed by atoms with E-state index in [2.05, 4.69) is 0 Å². The maximum Gasteiger partial charge on any atom is 0.254 e. The molecule has 11 heteroatoms. The fraction of sp³-hybridized carbons (Fsp3) is 0.259. The van der Waals surface area contributed by atoms with Crippen molar-refractivity contribution >= 4 is 22.6 Å². The molecule has 200 valence electrons. The van der Waals surface area contributed by atoms with Crippen molar-refractivity contribution in [3.05, 3.63) is 95.3 Å². The Morgan fingerprint density at radius 1 is 1.13 bits per heavy atom. The SMILES string of the molecule is N/C(=C\N(N)C(CC(=O)NO)Cc1ccc2ccccc2c1)C1COCCN1C(=O)c1ccc(F)c(F)c1. The summed E-state index contributed by atoms with van der Waals surface area (Å²) < 4.78 is 32.6. The fourth-order valence-corrected chi connectivity index (χ4v) is 4.46. The summed E-state index contributed by atoms with van der Waals surface area (Å²) in [5.74, 6) is 2.99. The van der Waals surface area contributed by atoms with Gasteiger partial charge in [0.2, 0.25) is 5.91 Å². The number of hydrogen-bond donors (Lipinski definition) is 4. The largest absolute Gasteiger partial charge is 0.399 e. The fourth-order valence-electron chi connectivity index (χ4n) is 4.46. The van der Waals surface area contributed by atoms with Gasteiger partial charge in [0.15, 0.2) is 11.6 Å². The Bertz CT molecular complexity index is 1350. The minimum absolute atomic E-state index is 0.0259. The van der Waals surface area contributed by atoms with Crippen molar-refractivity contribution in [1.82, 2.24) is 15.4 Å². The molecule has 0 spiro atoms. The molecular formula is C27H29F2N5O4. The first kappa shape index (κ1) is 27.0. The molecule has 6 N–H and O–H groups in total. The van der Waals surface area contributed by atoms with Gasteiger partial charge >= 0.3 is 0 Å². The van der Waals surface area contributed by atoms with Gasteiger partial charge in [0.1, 0.15) is 0 Å². The molecule has 2 unspecified atom stereocenters. The van der Waals surface area contributed by atoms with Gasteiger partial charge in [-0.25, -0.2) is 20.1 Å². The van der Waals surface area contributed by atoms with E-state index in [0.29, 0.717) is 6.42 Å². The minimum atomic E-state index is -1.13. The van der Waals surface area contributed by atoms with Crippen LogP contribution < -0.4 is 17.1 Å². The highest BCUT2D eigenvalue weighted by Crippen LogP contribution is 2.21. The average Bonchev–Trinajstić information content (AvgIpc) is 2.93. The van der Waals surface area contributed by atoms with Crippen molar-refractivity contribution in [3.8, 4) is 0 Å². The lowest BCUT2D eigenvalue weighted by Gasteiger charge is -2.37. The number of halogens is 2. The summed E-state index contributed by atoms with van der Waals surface area (Å²) in [6, 6.07) is 15.4. The highest BCUT2D eigenvalue weighted by molar-refractivity contribution is 5.94. The summed E-state index contributed by atoms with van der Waals surface area (Å²) in [5.41, 5.74) is 9.05. The van der Waals surface area contributed by atoms with Gasteiger partial charge < -0.3 is 20.4 Å². The van der Waals surface area contributed by atoms with Gasteiger partial charge in [-0.15, -0.1) is 0 Å². The Kier molecular flexibility index (Phi) is 8.52. The van der Waals surface area contributed by atoms with Crippen LogP contribution in [0.2, 0.25) is 0 Å². The standard InChI is InChI=1S/C27H29F2N5O4/c28-22-8-7-20(13-23(22)29)27(36)33-9-10-38-16-25(33)24(30)15-34(31)21(14-26(35)32-37)12-17-5-6-18-3-1-2-4-19(18)11-17/h1-8,11,13,15,21,25,37H,9-10,12,14,16,30-31H2,(H,32,35)/b24-15-. The number of hydroxylamine groups is 1. The van der Waals surface area contributed by atoms with Crippen LogP contribution in [0.25, 0.3) is 10.8 Å². The van der Waals surface area contributed by atoms with Crippen LogP contribution in [0.4, 0.5) is 8.78 Å². The zero-order chi connectivity index (χ0) is 27.2. The van der Waals surface area contributed by atoms with Gasteiger partial charge in [-0.3, -0.25) is 14.8 Å². The average molecular weight is 526 g/mol. The number of hydrazine groups is 1. The smallest absolute Gasteiger partial charge is 0.254 e. The molecule has 1 heterocycles. The molecule has 9 nitrogen and oxygen atoms in total. The number of morpholine rings is 1. The second kappa shape index (κ2) is 12.0. The van der Waals surface area contributed by atoms with E-state index in [-0.39, 0.29) is 37.4 Å². The summed E-state index contributed by atoms with van der Waals surface area (Å²) in [6.07, 6.45) is 1.64. The number of carbonyl (C=O) groups is 2. The lowest BCUT2D eigenvalue weighted by atomic mass is 9.99. The summed E-state index contributed by atoms with van der Waals surface area (Å²) in [6.45, 7) is 0.486. The predicted octanol–water partition coefficient (Wildman–Crippen LogP) is 2.44. The second-order valence-corrected chi connectivity index (χ2v) is 9.07. The van der Waals surface area contributed by atoms with Crippen LogP contribution in [0, 0.1) is 11.6 Å². The van der Waals surface area contributed by atoms with Crippen LogP contribution in [-0.2, 0) is 16.0 Å². The van der Waals surface area contributed by atoms with Gasteiger partial charge in [-0.05, 0) is 41.0 Å². The number of fused-ring (bicyclic) bond motifs is 1. The van der Waals surface area contributed by atoms with E-state index >= 15 is 0 Å². The van der Waals surface area contributed by atoms with E-state index in [1.165, 1.54) is 22.2 Å². The molecule has 1 fully saturated rings. The maximum absolute atomic E-state index is 13.7. The highest BCUT2D eigenvalue weighted by Gasteiger charge is 2.31. The molecule has 1 aliphatic rings. The zero-order valence-corrected chi connectivity index (χ0v) is 20.5. The van der Waals surface area contributed by atoms with Crippen molar-refractivity contribution in [1.29, 1.82) is 0 Å². The third-order valence-electron chi connectivity index (χ3n) is 6.49. The van der Waals surface area contributed by atoms with Gasteiger partial charge in [-0.2, -0.15) is 0 Å². The molecule has 38 heavy (non-hydrogen) atoms. The molecule has 3 aromatic rings. The number of hydrogen-bond acceptors (Lipinski definition) is 7. The van der Waals surface area contributed by atoms with Crippen LogP contribution in [0.15, 0.2) is 72.6 Å². The van der Waals surface area contributed by atoms with E-state index in [4.69, 9.17) is 21.5 Å². The molecule has 3 aromatic carbocycles. The Morgan fingerprint density at radius 3 is 2.63 bits per heavy atom. The van der Waals surface area contributed by atoms with Crippen LogP contribution in [-0.4, -0.2) is 58.8 Å². The highest BCUT2D eigenvalue weighted by atomic mass is 19.2. The number of benzene rings is 3. The number of nitrogens with zero attached hydrogens (tertiary/aromatic N) is 2. The third-order valence-corrected chi connectivity index (χ3v) is 6.49. The van der Waals surface area contributed by atoms with Gasteiger partial charge in [0.25, 0.3) is 5.91 Å². The van der Waals surface area contributed by atoms with Crippen molar-refractivity contribution < 1.29 is 28.3 Å². The normalized spacial score (nSPS) is 16.8. The van der Waals surface area contributed by atoms with Crippen molar-refractivity contribution in [2.75, 3.05) is 19.8 Å². The Balaban J connectivity index is 1.56. The topological polar surface area (TPSA) is 134 Å². The number of amides is 2. The Morgan fingerprint density at radius 2 is 1.89 bits per heavy atom. The van der Waals surface area contributed by atoms with Crippen molar-refractivity contribution in [3.63, 3.8) is 0 Å². The Hall–Kier alpha value is -4.06. The zero-order valence-electron chi connectivity index (χ0n) is 20.5. The molecule has 0 aliphatic carbocycles. The molecule has 1 saturated heterocycles. The minimum Gasteiger partial charge on any atom is -0.399 e. The summed E-state index contributed by atoms with van der Waals surface area (Å²) in [5, 5.41) is 12.5. The van der Waals surface area contributed by atoms with E-state index in [9.17, 15) is 18.4 Å². The van der Waals surface area contributed by atoms with Gasteiger partial charge in [0, 0.05) is 18.3 Å². The molecule has 4 rings (SSSR count). The van der Waals surface area contributed by atoms with E-state index in [1.54, 1.807) is 5.48 Å². The second-order valence-electron chi connectivity index (χ2n) is 9.07. The number of rotatable bonds is 8. The lowest BCUT2D eigenvalue weighted by molar-refractivity contribution is -0.130. The van der Waals surface area contributed by atoms with Crippen LogP contribution in [0.5, 0.6) is 0 Å². The third kappa shape index (κ3) is 6.25. The van der Waals surface area contributed by atoms with Gasteiger partial charge in [0.05, 0.1) is 37.4 Å². The molecule has 2 amide bonds. The molecule has 0 radical (unpaired) electrons. The molecular weight excluding hydrogens is 496 g/mol. The molecule has 0 bridgehead atoms. The van der Waals surface area contributed by atoms with Crippen molar-refractivity contribution in [2.45, 2.75) is 24.9 Å². The van der Waals surface area contributed by atoms with Gasteiger partial charge in [-0.1, -0.05) is 42.5 Å². The number of ether oxygens (including phenoxy) is 1. The van der Waals surface area contributed by atoms with Crippen molar-refractivity contribution in [2.24, 2.45) is 11.6 Å². The molecule has 2 atom stereocenters. The molecule has 0 saturated carbocycles. The molecule has 0 aromatic heterocycles. The number of nitrogens with two attached hydrogens (primary N) is 2. The summed E-state index contributed by atoms with van der Waals surface area (Å²) in [4.78, 5) is 26.6. The molecule has 1 aliphatic heterocycles. The first-order chi connectivity index (χ1) is 18.3. The number of carbonyl (C=O) groups excluding carboxylic acids is 2. The number of nitrogens with one attached hydrogen (secondary N) is 1.